The molecule has 0 saturated carbocycles. The molecule has 1 aromatic carbocycles. The number of carbonyl (C=O) groups is 1. The van der Waals surface area contributed by atoms with E-state index in [-0.39, 0.29) is 6.09 Å². The summed E-state index contributed by atoms with van der Waals surface area (Å²) in [6, 6.07) is 10.2. The van der Waals surface area contributed by atoms with Gasteiger partial charge in [-0.25, -0.2) is 4.79 Å². The van der Waals surface area contributed by atoms with Crippen LogP contribution < -0.4 is 0 Å². The van der Waals surface area contributed by atoms with Gasteiger partial charge >= 0.3 is 6.09 Å². The van der Waals surface area contributed by atoms with Crippen LogP contribution in [0.15, 0.2) is 30.3 Å². The lowest BCUT2D eigenvalue weighted by Crippen LogP contribution is -2.35. The van der Waals surface area contributed by atoms with Crippen molar-refractivity contribution in [3.63, 3.8) is 0 Å². The molecule has 0 spiro atoms. The van der Waals surface area contributed by atoms with E-state index in [1.54, 1.807) is 0 Å². The number of hydrogen-bond donors (Lipinski definition) is 0. The minimum Gasteiger partial charge on any atom is -0.445 e. The first-order chi connectivity index (χ1) is 8.31. The predicted octanol–water partition coefficient (Wildman–Crippen LogP) is 3.20. The molecule has 1 heterocycles. The van der Waals surface area contributed by atoms with E-state index in [9.17, 15) is 4.79 Å². The average Bonchev–Trinajstić information content (AvgIpc) is 2.85. The van der Waals surface area contributed by atoms with Crippen molar-refractivity contribution in [3.05, 3.63) is 35.9 Å². The van der Waals surface area contributed by atoms with Gasteiger partial charge < -0.3 is 9.64 Å². The van der Waals surface area contributed by atoms with E-state index in [1.165, 1.54) is 0 Å². The first-order valence-electron chi connectivity index (χ1n) is 6.28. The van der Waals surface area contributed by atoms with Crippen molar-refractivity contribution in [2.75, 3.05) is 6.54 Å². The molecule has 1 amide bonds. The topological polar surface area (TPSA) is 29.5 Å². The van der Waals surface area contributed by atoms with Gasteiger partial charge in [0.1, 0.15) is 6.61 Å². The highest BCUT2D eigenvalue weighted by Gasteiger charge is 2.28. The number of ether oxygens (including phenoxy) is 1. The lowest BCUT2D eigenvalue weighted by atomic mass is 10.2. The molecule has 1 unspecified atom stereocenters. The maximum atomic E-state index is 11.9. The van der Waals surface area contributed by atoms with E-state index < -0.39 is 0 Å². The highest BCUT2D eigenvalue weighted by Crippen LogP contribution is 2.20. The van der Waals surface area contributed by atoms with Gasteiger partial charge in [-0.15, -0.1) is 0 Å². The minimum absolute atomic E-state index is 0.168. The molecule has 1 aliphatic heterocycles. The molecule has 1 aliphatic rings. The van der Waals surface area contributed by atoms with Crippen LogP contribution in [-0.4, -0.2) is 23.6 Å². The number of nitrogens with zero attached hydrogens (tertiary/aromatic N) is 1. The lowest BCUT2D eigenvalue weighted by Gasteiger charge is -2.22. The molecule has 3 heteroatoms. The minimum atomic E-state index is -0.168. The fourth-order valence-electron chi connectivity index (χ4n) is 2.30. The quantitative estimate of drug-likeness (QED) is 0.802. The van der Waals surface area contributed by atoms with Crippen molar-refractivity contribution in [1.82, 2.24) is 4.90 Å². The normalized spacial score (nSPS) is 19.4. The number of carbonyl (C=O) groups excluding carboxylic acids is 1. The van der Waals surface area contributed by atoms with E-state index in [0.717, 1.165) is 31.4 Å². The van der Waals surface area contributed by atoms with Gasteiger partial charge in [-0.1, -0.05) is 37.3 Å². The third-order valence-electron chi connectivity index (χ3n) is 3.29. The van der Waals surface area contributed by atoms with Crippen molar-refractivity contribution in [3.8, 4) is 0 Å². The van der Waals surface area contributed by atoms with E-state index in [1.807, 2.05) is 35.2 Å². The monoisotopic (exact) mass is 233 g/mol. The van der Waals surface area contributed by atoms with Crippen LogP contribution in [0.4, 0.5) is 4.79 Å². The van der Waals surface area contributed by atoms with Crippen LogP contribution in [0.3, 0.4) is 0 Å². The zero-order valence-electron chi connectivity index (χ0n) is 10.3. The number of likely N-dealkylation sites (tertiary alicyclic amines) is 1. The number of rotatable bonds is 3. The highest BCUT2D eigenvalue weighted by molar-refractivity contribution is 5.68. The smallest absolute Gasteiger partial charge is 0.410 e. The summed E-state index contributed by atoms with van der Waals surface area (Å²) in [4.78, 5) is 13.8. The van der Waals surface area contributed by atoms with Gasteiger partial charge in [-0.3, -0.25) is 0 Å². The summed E-state index contributed by atoms with van der Waals surface area (Å²) in [5.74, 6) is 0. The van der Waals surface area contributed by atoms with E-state index in [2.05, 4.69) is 6.92 Å². The van der Waals surface area contributed by atoms with Crippen molar-refractivity contribution < 1.29 is 9.53 Å². The molecular formula is C14H19NO2. The van der Waals surface area contributed by atoms with Gasteiger partial charge in [-0.2, -0.15) is 0 Å². The molecule has 1 aromatic rings. The second-order valence-electron chi connectivity index (χ2n) is 4.44. The van der Waals surface area contributed by atoms with Crippen LogP contribution in [0, 0.1) is 0 Å². The molecular weight excluding hydrogens is 214 g/mol. The molecule has 0 bridgehead atoms. The van der Waals surface area contributed by atoms with Crippen LogP contribution in [0.5, 0.6) is 0 Å². The maximum Gasteiger partial charge on any atom is 0.410 e. The Balaban J connectivity index is 1.85. The summed E-state index contributed by atoms with van der Waals surface area (Å²) in [7, 11) is 0. The molecule has 2 rings (SSSR count). The van der Waals surface area contributed by atoms with E-state index in [0.29, 0.717) is 12.6 Å². The number of benzene rings is 1. The SMILES string of the molecule is CCC1CCCN1C(=O)OCc1ccccc1. The molecule has 0 aromatic heterocycles. The maximum absolute atomic E-state index is 11.9. The molecule has 92 valence electrons. The second kappa shape index (κ2) is 5.71. The van der Waals surface area contributed by atoms with Gasteiger partial charge in [0, 0.05) is 12.6 Å². The van der Waals surface area contributed by atoms with Crippen molar-refractivity contribution >= 4 is 6.09 Å². The lowest BCUT2D eigenvalue weighted by molar-refractivity contribution is 0.0915. The Hall–Kier alpha value is -1.51. The van der Waals surface area contributed by atoms with E-state index in [4.69, 9.17) is 4.74 Å². The Morgan fingerprint density at radius 2 is 2.18 bits per heavy atom. The van der Waals surface area contributed by atoms with Crippen molar-refractivity contribution in [2.45, 2.75) is 38.8 Å². The summed E-state index contributed by atoms with van der Waals surface area (Å²) in [6.07, 6.45) is 3.05. The molecule has 1 fully saturated rings. The molecule has 3 nitrogen and oxygen atoms in total. The number of amides is 1. The standard InChI is InChI=1S/C14H19NO2/c1-2-13-9-6-10-15(13)14(16)17-11-12-7-4-3-5-8-12/h3-5,7-8,13H,2,6,9-11H2,1H3. The van der Waals surface area contributed by atoms with E-state index >= 15 is 0 Å². The molecule has 0 N–H and O–H groups in total. The average molecular weight is 233 g/mol. The van der Waals surface area contributed by atoms with Crippen LogP contribution in [0.25, 0.3) is 0 Å². The molecule has 0 aliphatic carbocycles. The van der Waals surface area contributed by atoms with Crippen molar-refractivity contribution in [2.24, 2.45) is 0 Å². The van der Waals surface area contributed by atoms with Crippen LogP contribution >= 0.6 is 0 Å². The first-order valence-corrected chi connectivity index (χ1v) is 6.28. The van der Waals surface area contributed by atoms with Gasteiger partial charge in [0.15, 0.2) is 0 Å². The molecule has 1 atom stereocenters. The van der Waals surface area contributed by atoms with Crippen LogP contribution in [-0.2, 0) is 11.3 Å². The fourth-order valence-corrected chi connectivity index (χ4v) is 2.30. The Labute approximate surface area is 102 Å². The number of hydrogen-bond acceptors (Lipinski definition) is 2. The third kappa shape index (κ3) is 2.99. The Morgan fingerprint density at radius 1 is 1.41 bits per heavy atom. The third-order valence-corrected chi connectivity index (χ3v) is 3.29. The molecule has 17 heavy (non-hydrogen) atoms. The van der Waals surface area contributed by atoms with Gasteiger partial charge in [-0.05, 0) is 24.8 Å². The summed E-state index contributed by atoms with van der Waals surface area (Å²) in [5, 5.41) is 0. The largest absolute Gasteiger partial charge is 0.445 e. The molecule has 0 radical (unpaired) electrons. The van der Waals surface area contributed by atoms with Crippen molar-refractivity contribution in [1.29, 1.82) is 0 Å². The fraction of sp³-hybridized carbons (Fsp3) is 0.500. The second-order valence-corrected chi connectivity index (χ2v) is 4.44. The summed E-state index contributed by atoms with van der Waals surface area (Å²) < 4.78 is 5.33. The first kappa shape index (κ1) is 12.0. The predicted molar refractivity (Wildman–Crippen MR) is 66.6 cm³/mol. The van der Waals surface area contributed by atoms with Gasteiger partial charge in [0.05, 0.1) is 0 Å². The Morgan fingerprint density at radius 3 is 2.88 bits per heavy atom. The van der Waals surface area contributed by atoms with Gasteiger partial charge in [0.2, 0.25) is 0 Å². The molecule has 1 saturated heterocycles. The Kier molecular flexibility index (Phi) is 4.02. The zero-order valence-corrected chi connectivity index (χ0v) is 10.3. The zero-order chi connectivity index (χ0) is 12.1. The van der Waals surface area contributed by atoms with Crippen LogP contribution in [0.2, 0.25) is 0 Å². The summed E-state index contributed by atoms with van der Waals surface area (Å²) >= 11 is 0. The Bertz CT molecular complexity index is 364. The van der Waals surface area contributed by atoms with Crippen LogP contribution in [0.1, 0.15) is 31.7 Å². The van der Waals surface area contributed by atoms with Gasteiger partial charge in [0.25, 0.3) is 0 Å². The summed E-state index contributed by atoms with van der Waals surface area (Å²) in [6.45, 7) is 3.33. The summed E-state index contributed by atoms with van der Waals surface area (Å²) in [5.41, 5.74) is 1.04. The highest BCUT2D eigenvalue weighted by atomic mass is 16.6.